The van der Waals surface area contributed by atoms with Gasteiger partial charge in [-0.15, -0.1) is 0 Å². The van der Waals surface area contributed by atoms with Gasteiger partial charge < -0.3 is 14.2 Å². The van der Waals surface area contributed by atoms with Crippen molar-refractivity contribution in [1.82, 2.24) is 24.8 Å². The van der Waals surface area contributed by atoms with Crippen LogP contribution in [0.15, 0.2) is 10.6 Å². The number of ether oxygens (including phenoxy) is 1. The summed E-state index contributed by atoms with van der Waals surface area (Å²) in [6.07, 6.45) is 1.75. The molecule has 0 saturated carbocycles. The minimum atomic E-state index is -0.168. The number of likely N-dealkylation sites (tertiary alicyclic amines) is 1. The Morgan fingerprint density at radius 3 is 2.96 bits per heavy atom. The third-order valence-electron chi connectivity index (χ3n) is 4.55. The van der Waals surface area contributed by atoms with Gasteiger partial charge in [-0.05, 0) is 32.8 Å². The van der Waals surface area contributed by atoms with Crippen molar-refractivity contribution in [2.24, 2.45) is 0 Å². The second kappa shape index (κ2) is 7.99. The van der Waals surface area contributed by atoms with Crippen LogP contribution in [-0.2, 0) is 11.3 Å². The van der Waals surface area contributed by atoms with Crippen molar-refractivity contribution in [2.75, 3.05) is 19.8 Å². The molecule has 1 aliphatic rings. The molecular formula is C18H27N5O3. The molecule has 1 saturated heterocycles. The van der Waals surface area contributed by atoms with Crippen LogP contribution in [0.25, 0.3) is 0 Å². The maximum Gasteiger partial charge on any atom is 0.272 e. The topological polar surface area (TPSA) is 86.3 Å². The van der Waals surface area contributed by atoms with E-state index in [1.54, 1.807) is 4.68 Å². The molecule has 1 amide bonds. The van der Waals surface area contributed by atoms with Crippen molar-refractivity contribution in [3.63, 3.8) is 0 Å². The molecule has 2 aromatic heterocycles. The van der Waals surface area contributed by atoms with E-state index in [1.165, 1.54) is 0 Å². The summed E-state index contributed by atoms with van der Waals surface area (Å²) in [5.41, 5.74) is 1.40. The molecule has 1 atom stereocenters. The summed E-state index contributed by atoms with van der Waals surface area (Å²) in [7, 11) is 0. The fraction of sp³-hybridized carbons (Fsp3) is 0.667. The quantitative estimate of drug-likeness (QED) is 0.705. The summed E-state index contributed by atoms with van der Waals surface area (Å²) >= 11 is 0. The van der Waals surface area contributed by atoms with Gasteiger partial charge in [0, 0.05) is 19.1 Å². The molecule has 0 spiro atoms. The van der Waals surface area contributed by atoms with E-state index in [4.69, 9.17) is 9.26 Å². The average molecular weight is 361 g/mol. The monoisotopic (exact) mass is 361 g/mol. The zero-order valence-corrected chi connectivity index (χ0v) is 15.9. The second-order valence-corrected chi connectivity index (χ2v) is 6.89. The van der Waals surface area contributed by atoms with Crippen LogP contribution in [0.2, 0.25) is 0 Å². The lowest BCUT2D eigenvalue weighted by molar-refractivity contribution is 0.0692. The van der Waals surface area contributed by atoms with E-state index in [-0.39, 0.29) is 17.9 Å². The summed E-state index contributed by atoms with van der Waals surface area (Å²) in [4.78, 5) is 19.5. The second-order valence-electron chi connectivity index (χ2n) is 6.89. The Hall–Kier alpha value is -2.22. The van der Waals surface area contributed by atoms with Crippen LogP contribution in [0.3, 0.4) is 0 Å². The summed E-state index contributed by atoms with van der Waals surface area (Å²) in [6, 6.07) is 1.66. The van der Waals surface area contributed by atoms with Crippen LogP contribution in [0.4, 0.5) is 0 Å². The van der Waals surface area contributed by atoms with Crippen molar-refractivity contribution in [3.8, 4) is 0 Å². The smallest absolute Gasteiger partial charge is 0.272 e. The first-order valence-electron chi connectivity index (χ1n) is 9.28. The molecule has 3 rings (SSSR count). The Morgan fingerprint density at radius 2 is 2.27 bits per heavy atom. The van der Waals surface area contributed by atoms with Gasteiger partial charge in [-0.1, -0.05) is 19.0 Å². The molecular weight excluding hydrogens is 334 g/mol. The Labute approximate surface area is 153 Å². The van der Waals surface area contributed by atoms with Crippen molar-refractivity contribution < 1.29 is 14.1 Å². The SMILES string of the molecule is CCOCCn1nc(C)cc1C(=O)N1CCC[C@@H]1c1nc(C(C)C)no1. The number of rotatable bonds is 7. The summed E-state index contributed by atoms with van der Waals surface area (Å²) < 4.78 is 12.6. The van der Waals surface area contributed by atoms with Gasteiger partial charge in [0.05, 0.1) is 18.8 Å². The molecule has 0 radical (unpaired) electrons. The fourth-order valence-corrected chi connectivity index (χ4v) is 3.21. The van der Waals surface area contributed by atoms with Crippen LogP contribution in [-0.4, -0.2) is 50.5 Å². The average Bonchev–Trinajstić information content (AvgIpc) is 3.33. The van der Waals surface area contributed by atoms with Crippen LogP contribution in [0, 0.1) is 6.92 Å². The first kappa shape index (κ1) is 18.6. The molecule has 1 aliphatic heterocycles. The minimum Gasteiger partial charge on any atom is -0.380 e. The molecule has 2 aromatic rings. The lowest BCUT2D eigenvalue weighted by Crippen LogP contribution is -2.32. The normalized spacial score (nSPS) is 17.4. The van der Waals surface area contributed by atoms with Crippen LogP contribution in [0.5, 0.6) is 0 Å². The Morgan fingerprint density at radius 1 is 1.46 bits per heavy atom. The van der Waals surface area contributed by atoms with Crippen molar-refractivity contribution in [3.05, 3.63) is 29.2 Å². The standard InChI is InChI=1S/C18H27N5O3/c1-5-25-10-9-23-15(11-13(4)20-23)18(24)22-8-6-7-14(22)17-19-16(12(2)3)21-26-17/h11-12,14H,5-10H2,1-4H3/t14-/m1/s1. The van der Waals surface area contributed by atoms with Gasteiger partial charge in [-0.2, -0.15) is 10.1 Å². The molecule has 142 valence electrons. The number of aromatic nitrogens is 4. The highest BCUT2D eigenvalue weighted by atomic mass is 16.5. The van der Waals surface area contributed by atoms with E-state index >= 15 is 0 Å². The van der Waals surface area contributed by atoms with Crippen LogP contribution >= 0.6 is 0 Å². The molecule has 8 heteroatoms. The van der Waals surface area contributed by atoms with Crippen molar-refractivity contribution in [2.45, 2.75) is 59.0 Å². The lowest BCUT2D eigenvalue weighted by atomic mass is 10.2. The third-order valence-corrected chi connectivity index (χ3v) is 4.55. The van der Waals surface area contributed by atoms with E-state index in [1.807, 2.05) is 38.7 Å². The number of hydrogen-bond donors (Lipinski definition) is 0. The zero-order valence-electron chi connectivity index (χ0n) is 15.9. The van der Waals surface area contributed by atoms with Gasteiger partial charge in [0.2, 0.25) is 5.89 Å². The number of aryl methyl sites for hydroxylation is 1. The molecule has 1 fully saturated rings. The van der Waals surface area contributed by atoms with E-state index in [9.17, 15) is 4.79 Å². The Balaban J connectivity index is 1.80. The largest absolute Gasteiger partial charge is 0.380 e. The van der Waals surface area contributed by atoms with E-state index in [0.29, 0.717) is 43.7 Å². The van der Waals surface area contributed by atoms with Gasteiger partial charge >= 0.3 is 0 Å². The maximum atomic E-state index is 13.2. The number of hydrogen-bond acceptors (Lipinski definition) is 6. The highest BCUT2D eigenvalue weighted by Crippen LogP contribution is 2.32. The van der Waals surface area contributed by atoms with Gasteiger partial charge in [-0.25, -0.2) is 0 Å². The molecule has 26 heavy (non-hydrogen) atoms. The zero-order chi connectivity index (χ0) is 18.7. The van der Waals surface area contributed by atoms with Crippen molar-refractivity contribution in [1.29, 1.82) is 0 Å². The Bertz CT molecular complexity index is 752. The Kier molecular flexibility index (Phi) is 5.70. The molecule has 0 bridgehead atoms. The fourth-order valence-electron chi connectivity index (χ4n) is 3.21. The predicted molar refractivity (Wildman–Crippen MR) is 94.9 cm³/mol. The summed E-state index contributed by atoms with van der Waals surface area (Å²) in [5, 5.41) is 8.48. The van der Waals surface area contributed by atoms with Crippen LogP contribution in [0.1, 0.15) is 73.5 Å². The van der Waals surface area contributed by atoms with Crippen LogP contribution < -0.4 is 0 Å². The minimum absolute atomic E-state index is 0.0473. The number of nitrogens with zero attached hydrogens (tertiary/aromatic N) is 5. The molecule has 3 heterocycles. The third kappa shape index (κ3) is 3.80. The highest BCUT2D eigenvalue weighted by molar-refractivity contribution is 5.93. The maximum absolute atomic E-state index is 13.2. The molecule has 8 nitrogen and oxygen atoms in total. The lowest BCUT2D eigenvalue weighted by Gasteiger charge is -2.22. The van der Waals surface area contributed by atoms with Gasteiger partial charge in [0.1, 0.15) is 11.7 Å². The van der Waals surface area contributed by atoms with E-state index < -0.39 is 0 Å². The first-order chi connectivity index (χ1) is 12.5. The summed E-state index contributed by atoms with van der Waals surface area (Å²) in [6.45, 7) is 10.3. The van der Waals surface area contributed by atoms with Gasteiger partial charge in [0.25, 0.3) is 5.91 Å². The van der Waals surface area contributed by atoms with Crippen molar-refractivity contribution >= 4 is 5.91 Å². The highest BCUT2D eigenvalue weighted by Gasteiger charge is 2.36. The first-order valence-corrected chi connectivity index (χ1v) is 9.28. The number of carbonyl (C=O) groups excluding carboxylic acids is 1. The van der Waals surface area contributed by atoms with E-state index in [2.05, 4.69) is 15.2 Å². The van der Waals surface area contributed by atoms with Gasteiger partial charge in [0.15, 0.2) is 5.82 Å². The molecule has 0 aromatic carbocycles. The molecule has 0 aliphatic carbocycles. The molecule has 0 unspecified atom stereocenters. The predicted octanol–water partition coefficient (Wildman–Crippen LogP) is 2.71. The number of carbonyl (C=O) groups is 1. The van der Waals surface area contributed by atoms with E-state index in [0.717, 1.165) is 18.5 Å². The van der Waals surface area contributed by atoms with Gasteiger partial charge in [-0.3, -0.25) is 9.48 Å². The summed E-state index contributed by atoms with van der Waals surface area (Å²) in [5.74, 6) is 1.35. The number of amides is 1. The molecule has 0 N–H and O–H groups in total.